The lowest BCUT2D eigenvalue weighted by Crippen LogP contribution is -2.64. The van der Waals surface area contributed by atoms with Gasteiger partial charge in [0, 0.05) is 0 Å². The lowest BCUT2D eigenvalue weighted by Gasteiger charge is -2.40. The molecule has 5 aromatic carbocycles. The van der Waals surface area contributed by atoms with Crippen molar-refractivity contribution in [1.82, 2.24) is 0 Å². The molecule has 0 spiro atoms. The van der Waals surface area contributed by atoms with Crippen LogP contribution in [-0.4, -0.2) is 6.71 Å². The number of benzene rings is 5. The zero-order valence-corrected chi connectivity index (χ0v) is 20.5. The Morgan fingerprint density at radius 2 is 0.917 bits per heavy atom. The van der Waals surface area contributed by atoms with Gasteiger partial charge in [-0.1, -0.05) is 101 Å². The van der Waals surface area contributed by atoms with Crippen LogP contribution in [0.25, 0.3) is 22.3 Å². The minimum atomic E-state index is 0.403. The van der Waals surface area contributed by atoms with Crippen LogP contribution >= 0.6 is 0 Å². The second-order valence-corrected chi connectivity index (χ2v) is 11.2. The lowest BCUT2D eigenvalue weighted by molar-refractivity contribution is 1.10. The van der Waals surface area contributed by atoms with E-state index in [9.17, 15) is 0 Å². The van der Waals surface area contributed by atoms with Gasteiger partial charge in [-0.15, -0.1) is 0 Å². The van der Waals surface area contributed by atoms with Gasteiger partial charge in [0.1, 0.15) is 0 Å². The standard InChI is InChI=1S/C35H25B/c1-20-6-2-11-26-27-12-5-13-28(31(27)19-30(20)26)29-15-14-25-17-23-8-3-7-21-16-22-9-4-10-24-18-32(29)35(25)36(33(21)23)34(22)24/h2-15H,16-19H2,1H3. The van der Waals surface area contributed by atoms with Gasteiger partial charge in [0.25, 0.3) is 0 Å². The predicted octanol–water partition coefficient (Wildman–Crippen LogP) is 5.46. The Hall–Kier alpha value is -3.84. The van der Waals surface area contributed by atoms with E-state index in [1.165, 1.54) is 66.8 Å². The summed E-state index contributed by atoms with van der Waals surface area (Å²) in [7, 11) is 0. The maximum absolute atomic E-state index is 2.46. The molecule has 3 aliphatic heterocycles. The average Bonchev–Trinajstić information content (AvgIpc) is 3.29. The first-order valence-electron chi connectivity index (χ1n) is 13.3. The van der Waals surface area contributed by atoms with Gasteiger partial charge in [-0.25, -0.2) is 0 Å². The first kappa shape index (κ1) is 19.4. The molecule has 9 rings (SSSR count). The number of hydrogen-bond donors (Lipinski definition) is 0. The van der Waals surface area contributed by atoms with Gasteiger partial charge in [-0.2, -0.15) is 0 Å². The van der Waals surface area contributed by atoms with Crippen LogP contribution in [-0.2, 0) is 25.7 Å². The highest BCUT2D eigenvalue weighted by Gasteiger charge is 2.42. The van der Waals surface area contributed by atoms with E-state index in [0.717, 1.165) is 25.7 Å². The molecule has 0 aromatic heterocycles. The van der Waals surface area contributed by atoms with Gasteiger partial charge in [0.15, 0.2) is 0 Å². The molecule has 0 bridgehead atoms. The quantitative estimate of drug-likeness (QED) is 0.288. The summed E-state index contributed by atoms with van der Waals surface area (Å²) < 4.78 is 0. The maximum Gasteiger partial charge on any atom is 0.243 e. The smallest absolute Gasteiger partial charge is 0.0617 e. The van der Waals surface area contributed by atoms with E-state index in [4.69, 9.17) is 0 Å². The molecule has 36 heavy (non-hydrogen) atoms. The summed E-state index contributed by atoms with van der Waals surface area (Å²) in [5, 5.41) is 0. The van der Waals surface area contributed by atoms with Gasteiger partial charge >= 0.3 is 0 Å². The van der Waals surface area contributed by atoms with Crippen molar-refractivity contribution in [3.8, 4) is 22.3 Å². The van der Waals surface area contributed by atoms with Crippen LogP contribution in [0.1, 0.15) is 50.1 Å². The van der Waals surface area contributed by atoms with Gasteiger partial charge in [-0.3, -0.25) is 0 Å². The fraction of sp³-hybridized carbons (Fsp3) is 0.143. The highest BCUT2D eigenvalue weighted by molar-refractivity contribution is 6.98. The Morgan fingerprint density at radius 1 is 0.417 bits per heavy atom. The van der Waals surface area contributed by atoms with Crippen molar-refractivity contribution in [3.63, 3.8) is 0 Å². The third-order valence-electron chi connectivity index (χ3n) is 9.54. The van der Waals surface area contributed by atoms with E-state index in [2.05, 4.69) is 91.9 Å². The second kappa shape index (κ2) is 6.68. The number of rotatable bonds is 1. The summed E-state index contributed by atoms with van der Waals surface area (Å²) in [6, 6.07) is 32.8. The molecule has 0 saturated carbocycles. The first-order valence-corrected chi connectivity index (χ1v) is 13.3. The van der Waals surface area contributed by atoms with E-state index in [-0.39, 0.29) is 0 Å². The van der Waals surface area contributed by atoms with Gasteiger partial charge in [0.05, 0.1) is 0 Å². The summed E-state index contributed by atoms with van der Waals surface area (Å²) in [6.07, 6.45) is 4.24. The monoisotopic (exact) mass is 456 g/mol. The maximum atomic E-state index is 2.46. The van der Waals surface area contributed by atoms with Crippen LogP contribution in [0.3, 0.4) is 0 Å². The van der Waals surface area contributed by atoms with E-state index >= 15 is 0 Å². The molecule has 0 nitrogen and oxygen atoms in total. The Kier molecular flexibility index (Phi) is 3.59. The van der Waals surface area contributed by atoms with Crippen molar-refractivity contribution in [2.45, 2.75) is 32.6 Å². The fourth-order valence-electron chi connectivity index (χ4n) is 8.04. The van der Waals surface area contributed by atoms with Crippen LogP contribution in [0.4, 0.5) is 0 Å². The Bertz CT molecular complexity index is 1770. The van der Waals surface area contributed by atoms with Crippen molar-refractivity contribution in [1.29, 1.82) is 0 Å². The third kappa shape index (κ3) is 2.32. The van der Waals surface area contributed by atoms with Crippen molar-refractivity contribution < 1.29 is 0 Å². The van der Waals surface area contributed by atoms with Crippen LogP contribution in [0.5, 0.6) is 0 Å². The largest absolute Gasteiger partial charge is 0.243 e. The highest BCUT2D eigenvalue weighted by atomic mass is 14.3. The lowest BCUT2D eigenvalue weighted by atomic mass is 9.28. The minimum Gasteiger partial charge on any atom is -0.0617 e. The molecule has 168 valence electrons. The average molecular weight is 456 g/mol. The van der Waals surface area contributed by atoms with E-state index < -0.39 is 0 Å². The molecule has 0 N–H and O–H groups in total. The molecule has 0 unspecified atom stereocenters. The predicted molar refractivity (Wildman–Crippen MR) is 151 cm³/mol. The molecule has 0 fully saturated rings. The minimum absolute atomic E-state index is 0.403. The molecule has 0 amide bonds. The summed E-state index contributed by atoms with van der Waals surface area (Å²) >= 11 is 0. The molecule has 1 heteroatoms. The van der Waals surface area contributed by atoms with Crippen molar-refractivity contribution >= 4 is 23.1 Å². The van der Waals surface area contributed by atoms with Gasteiger partial charge < -0.3 is 0 Å². The molecule has 0 saturated heterocycles. The van der Waals surface area contributed by atoms with Gasteiger partial charge in [-0.05, 0) is 105 Å². The third-order valence-corrected chi connectivity index (χ3v) is 9.54. The Balaban J connectivity index is 1.32. The molecular weight excluding hydrogens is 431 g/mol. The van der Waals surface area contributed by atoms with Crippen molar-refractivity contribution in [3.05, 3.63) is 135 Å². The van der Waals surface area contributed by atoms with Gasteiger partial charge in [0.2, 0.25) is 6.71 Å². The topological polar surface area (TPSA) is 0 Å². The van der Waals surface area contributed by atoms with E-state index in [1.807, 2.05) is 0 Å². The molecule has 1 aliphatic carbocycles. The van der Waals surface area contributed by atoms with Crippen LogP contribution in [0.15, 0.2) is 84.9 Å². The summed E-state index contributed by atoms with van der Waals surface area (Å²) in [5.41, 5.74) is 24.3. The van der Waals surface area contributed by atoms with Crippen molar-refractivity contribution in [2.75, 3.05) is 0 Å². The van der Waals surface area contributed by atoms with Crippen LogP contribution in [0, 0.1) is 6.92 Å². The molecule has 0 radical (unpaired) electrons. The molecule has 4 aliphatic rings. The Labute approximate surface area is 212 Å². The highest BCUT2D eigenvalue weighted by Crippen LogP contribution is 2.44. The van der Waals surface area contributed by atoms with Crippen LogP contribution in [0.2, 0.25) is 0 Å². The number of fused-ring (bicyclic) bond motifs is 3. The molecule has 5 aromatic rings. The molecular formula is C35H25B. The number of aryl methyl sites for hydroxylation is 1. The normalized spacial score (nSPS) is 14.9. The molecule has 0 atom stereocenters. The number of hydrogen-bond acceptors (Lipinski definition) is 0. The second-order valence-electron chi connectivity index (χ2n) is 11.2. The van der Waals surface area contributed by atoms with E-state index in [0.29, 0.717) is 6.71 Å². The van der Waals surface area contributed by atoms with E-state index in [1.54, 1.807) is 22.0 Å². The fourth-order valence-corrected chi connectivity index (χ4v) is 8.04. The van der Waals surface area contributed by atoms with Crippen molar-refractivity contribution in [2.24, 2.45) is 0 Å². The summed E-state index contributed by atoms with van der Waals surface area (Å²) in [6.45, 7) is 2.67. The van der Waals surface area contributed by atoms with Crippen LogP contribution < -0.4 is 16.4 Å². The summed E-state index contributed by atoms with van der Waals surface area (Å²) in [5.74, 6) is 0. The molecule has 3 heterocycles. The Morgan fingerprint density at radius 3 is 1.58 bits per heavy atom. The SMILES string of the molecule is Cc1cccc2c1Cc1c-2cccc1-c1ccc2c3c1Cc1cccc4c1B3c1c(cccc1C2)C4. The summed E-state index contributed by atoms with van der Waals surface area (Å²) in [4.78, 5) is 0. The zero-order valence-electron chi connectivity index (χ0n) is 20.5. The zero-order chi connectivity index (χ0) is 23.5. The first-order chi connectivity index (χ1) is 17.8.